The Morgan fingerprint density at radius 2 is 2.09 bits per heavy atom. The highest BCUT2D eigenvalue weighted by Crippen LogP contribution is 2.34. The molecule has 0 bridgehead atoms. The molecule has 3 aliphatic rings. The maximum Gasteiger partial charge on any atom is 0.246 e. The van der Waals surface area contributed by atoms with Crippen molar-refractivity contribution in [2.45, 2.75) is 83.7 Å². The Morgan fingerprint density at radius 1 is 1.26 bits per heavy atom. The summed E-state index contributed by atoms with van der Waals surface area (Å²) in [4.78, 5) is 33.3. The van der Waals surface area contributed by atoms with Gasteiger partial charge in [-0.05, 0) is 50.2 Å². The largest absolute Gasteiger partial charge is 0.493 e. The number of fused-ring (bicyclic) bond motifs is 2. The zero-order chi connectivity index (χ0) is 24.6. The van der Waals surface area contributed by atoms with Crippen LogP contribution in [0, 0.1) is 5.92 Å². The molecule has 1 aromatic rings. The first-order valence-electron chi connectivity index (χ1n) is 13.4. The third-order valence-electron chi connectivity index (χ3n) is 7.45. The molecule has 0 aromatic heterocycles. The molecule has 0 spiro atoms. The van der Waals surface area contributed by atoms with Gasteiger partial charge in [-0.3, -0.25) is 14.9 Å². The first-order valence-corrected chi connectivity index (χ1v) is 13.4. The van der Waals surface area contributed by atoms with Crippen molar-refractivity contribution in [3.05, 3.63) is 23.8 Å². The fourth-order valence-electron chi connectivity index (χ4n) is 5.73. The number of aliphatic hydroxyl groups is 1. The second kappa shape index (κ2) is 12.4. The molecule has 2 heterocycles. The van der Waals surface area contributed by atoms with E-state index in [4.69, 9.17) is 4.74 Å². The lowest BCUT2D eigenvalue weighted by Crippen LogP contribution is -2.46. The average molecular weight is 485 g/mol. The summed E-state index contributed by atoms with van der Waals surface area (Å²) in [5, 5.41) is 12.4. The number of carbonyl (C=O) groups excluding carboxylic acids is 2. The standard InChI is InChI=1S/C27H40N4O4/c1-2-9-23(20-10-4-3-5-11-20)31(15-16-32)26(34)14-6-7-17-35-24-13-8-12-22-21(24)18-30-19-25(33)29-27(30)28-22/h8,12-13,20,23,32H,2-7,9-11,14-19H2,1H3,(H,28,29,33). The van der Waals surface area contributed by atoms with Crippen molar-refractivity contribution in [1.29, 1.82) is 0 Å². The molecule has 1 aromatic carbocycles. The highest BCUT2D eigenvalue weighted by atomic mass is 16.5. The molecule has 1 atom stereocenters. The third kappa shape index (κ3) is 6.34. The summed E-state index contributed by atoms with van der Waals surface area (Å²) >= 11 is 0. The van der Waals surface area contributed by atoms with Gasteiger partial charge in [-0.15, -0.1) is 0 Å². The van der Waals surface area contributed by atoms with E-state index >= 15 is 0 Å². The predicted molar refractivity (Wildman–Crippen MR) is 136 cm³/mol. The number of hydrogen-bond acceptors (Lipinski definition) is 6. The number of carbonyl (C=O) groups is 2. The second-order valence-electron chi connectivity index (χ2n) is 9.96. The number of aliphatic imine (C=N–C) groups is 1. The van der Waals surface area contributed by atoms with E-state index in [-0.39, 0.29) is 24.5 Å². The fraction of sp³-hybridized carbons (Fsp3) is 0.667. The Kier molecular flexibility index (Phi) is 9.01. The number of nitrogens with one attached hydrogen (secondary N) is 1. The minimum Gasteiger partial charge on any atom is -0.493 e. The van der Waals surface area contributed by atoms with Crippen LogP contribution in [0.1, 0.15) is 76.7 Å². The summed E-state index contributed by atoms with van der Waals surface area (Å²) in [6.45, 7) is 4.07. The molecule has 1 saturated heterocycles. The van der Waals surface area contributed by atoms with E-state index in [1.54, 1.807) is 0 Å². The Hall–Kier alpha value is -2.61. The van der Waals surface area contributed by atoms with E-state index in [0.29, 0.717) is 44.5 Å². The maximum atomic E-state index is 13.2. The molecular formula is C27H40N4O4. The molecule has 8 nitrogen and oxygen atoms in total. The molecule has 2 fully saturated rings. The smallest absolute Gasteiger partial charge is 0.246 e. The van der Waals surface area contributed by atoms with Crippen LogP contribution >= 0.6 is 0 Å². The molecule has 0 radical (unpaired) electrons. The van der Waals surface area contributed by atoms with Crippen LogP contribution in [0.5, 0.6) is 5.75 Å². The van der Waals surface area contributed by atoms with Gasteiger partial charge in [0.1, 0.15) is 12.3 Å². The number of nitrogens with zero attached hydrogens (tertiary/aromatic N) is 3. The summed E-state index contributed by atoms with van der Waals surface area (Å²) in [5.41, 5.74) is 1.82. The van der Waals surface area contributed by atoms with Gasteiger partial charge in [0.05, 0.1) is 25.4 Å². The van der Waals surface area contributed by atoms with Gasteiger partial charge in [0.2, 0.25) is 17.8 Å². The number of hydrogen-bond donors (Lipinski definition) is 2. The van der Waals surface area contributed by atoms with Gasteiger partial charge < -0.3 is 19.6 Å². The number of benzene rings is 1. The molecule has 192 valence electrons. The average Bonchev–Trinajstić information content (AvgIpc) is 3.24. The van der Waals surface area contributed by atoms with Gasteiger partial charge in [0.15, 0.2) is 0 Å². The third-order valence-corrected chi connectivity index (χ3v) is 7.45. The lowest BCUT2D eigenvalue weighted by atomic mass is 9.81. The topological polar surface area (TPSA) is 94.5 Å². The summed E-state index contributed by atoms with van der Waals surface area (Å²) in [6.07, 6.45) is 10.3. The van der Waals surface area contributed by atoms with E-state index < -0.39 is 0 Å². The summed E-state index contributed by atoms with van der Waals surface area (Å²) in [5.74, 6) is 2.09. The number of ether oxygens (including phenoxy) is 1. The van der Waals surface area contributed by atoms with E-state index in [2.05, 4.69) is 17.2 Å². The van der Waals surface area contributed by atoms with Crippen molar-refractivity contribution in [3.63, 3.8) is 0 Å². The van der Waals surface area contributed by atoms with Crippen LogP contribution in [-0.4, -0.2) is 65.0 Å². The van der Waals surface area contributed by atoms with Crippen LogP contribution in [0.2, 0.25) is 0 Å². The van der Waals surface area contributed by atoms with E-state index in [1.807, 2.05) is 28.0 Å². The first kappa shape index (κ1) is 25.5. The quantitative estimate of drug-likeness (QED) is 0.441. The number of unbranched alkanes of at least 4 members (excludes halogenated alkanes) is 1. The second-order valence-corrected chi connectivity index (χ2v) is 9.96. The first-order chi connectivity index (χ1) is 17.1. The van der Waals surface area contributed by atoms with Crippen LogP contribution in [0.3, 0.4) is 0 Å². The molecular weight excluding hydrogens is 444 g/mol. The van der Waals surface area contributed by atoms with Crippen molar-refractivity contribution in [2.24, 2.45) is 10.9 Å². The SMILES string of the molecule is CCCC(C1CCCCC1)N(CCO)C(=O)CCCCOc1cccc2c1CN1CC(=O)NC1=N2. The minimum atomic E-state index is -0.0383. The monoisotopic (exact) mass is 484 g/mol. The molecule has 4 rings (SSSR count). The molecule has 8 heteroatoms. The zero-order valence-electron chi connectivity index (χ0n) is 21.0. The number of aliphatic hydroxyl groups excluding tert-OH is 1. The fourth-order valence-corrected chi connectivity index (χ4v) is 5.73. The van der Waals surface area contributed by atoms with Gasteiger partial charge in [0, 0.05) is 24.6 Å². The zero-order valence-corrected chi connectivity index (χ0v) is 21.0. The summed E-state index contributed by atoms with van der Waals surface area (Å²) in [6, 6.07) is 6.05. The highest BCUT2D eigenvalue weighted by molar-refractivity contribution is 6.05. The van der Waals surface area contributed by atoms with Crippen LogP contribution in [0.25, 0.3) is 0 Å². The van der Waals surface area contributed by atoms with Gasteiger partial charge in [-0.2, -0.15) is 0 Å². The van der Waals surface area contributed by atoms with E-state index in [9.17, 15) is 14.7 Å². The highest BCUT2D eigenvalue weighted by Gasteiger charge is 2.31. The Labute approximate surface area is 208 Å². The number of amides is 2. The molecule has 1 aliphatic carbocycles. The van der Waals surface area contributed by atoms with Crippen LogP contribution in [-0.2, 0) is 16.1 Å². The number of rotatable bonds is 12. The molecule has 2 amide bonds. The van der Waals surface area contributed by atoms with Crippen LogP contribution in [0.15, 0.2) is 23.2 Å². The van der Waals surface area contributed by atoms with Crippen molar-refractivity contribution < 1.29 is 19.4 Å². The van der Waals surface area contributed by atoms with Crippen molar-refractivity contribution in [3.8, 4) is 5.75 Å². The van der Waals surface area contributed by atoms with E-state index in [1.165, 1.54) is 32.1 Å². The van der Waals surface area contributed by atoms with Crippen molar-refractivity contribution >= 4 is 23.5 Å². The van der Waals surface area contributed by atoms with E-state index in [0.717, 1.165) is 42.7 Å². The number of guanidine groups is 1. The predicted octanol–water partition coefficient (Wildman–Crippen LogP) is 3.74. The lowest BCUT2D eigenvalue weighted by Gasteiger charge is -2.39. The summed E-state index contributed by atoms with van der Waals surface area (Å²) in [7, 11) is 0. The van der Waals surface area contributed by atoms with Gasteiger partial charge in [-0.25, -0.2) is 4.99 Å². The summed E-state index contributed by atoms with van der Waals surface area (Å²) < 4.78 is 6.08. The van der Waals surface area contributed by atoms with Crippen molar-refractivity contribution in [2.75, 3.05) is 26.3 Å². The maximum absolute atomic E-state index is 13.2. The molecule has 1 saturated carbocycles. The van der Waals surface area contributed by atoms with Crippen molar-refractivity contribution in [1.82, 2.24) is 15.1 Å². The molecule has 35 heavy (non-hydrogen) atoms. The van der Waals surface area contributed by atoms with Gasteiger partial charge in [0.25, 0.3) is 0 Å². The normalized spacial score (nSPS) is 18.4. The minimum absolute atomic E-state index is 0.0171. The Bertz CT molecular complexity index is 912. The molecule has 1 unspecified atom stereocenters. The lowest BCUT2D eigenvalue weighted by molar-refractivity contribution is -0.136. The van der Waals surface area contributed by atoms with Crippen LogP contribution < -0.4 is 10.1 Å². The molecule has 2 aliphatic heterocycles. The van der Waals surface area contributed by atoms with Gasteiger partial charge in [-0.1, -0.05) is 38.7 Å². The van der Waals surface area contributed by atoms with Gasteiger partial charge >= 0.3 is 0 Å². The molecule has 2 N–H and O–H groups in total. The Balaban J connectivity index is 1.27. The Morgan fingerprint density at radius 3 is 2.86 bits per heavy atom. The van der Waals surface area contributed by atoms with Crippen LogP contribution in [0.4, 0.5) is 5.69 Å².